The van der Waals surface area contributed by atoms with Crippen LogP contribution >= 0.6 is 0 Å². The number of benzene rings is 1. The van der Waals surface area contributed by atoms with Crippen LogP contribution < -0.4 is 5.32 Å². The van der Waals surface area contributed by atoms with Gasteiger partial charge in [-0.25, -0.2) is 4.79 Å². The molecule has 0 saturated heterocycles. The Morgan fingerprint density at radius 1 is 1.03 bits per heavy atom. The molecule has 0 bridgehead atoms. The summed E-state index contributed by atoms with van der Waals surface area (Å²) in [7, 11) is 1.99. The maximum atomic E-state index is 13.3. The normalized spacial score (nSPS) is 11.1. The van der Waals surface area contributed by atoms with Gasteiger partial charge >= 0.3 is 6.03 Å². The zero-order chi connectivity index (χ0) is 23.7. The van der Waals surface area contributed by atoms with E-state index in [0.29, 0.717) is 25.6 Å². The van der Waals surface area contributed by atoms with Crippen LogP contribution in [0.2, 0.25) is 0 Å². The van der Waals surface area contributed by atoms with Gasteiger partial charge in [-0.15, -0.1) is 0 Å². The largest absolute Gasteiger partial charge is 0.353 e. The third kappa shape index (κ3) is 7.74. The van der Waals surface area contributed by atoms with Crippen LogP contribution in [-0.4, -0.2) is 45.9 Å². The zero-order valence-corrected chi connectivity index (χ0v) is 20.6. The molecule has 0 atom stereocenters. The first-order chi connectivity index (χ1) is 15.2. The fraction of sp³-hybridized carbons (Fsp3) is 0.538. The van der Waals surface area contributed by atoms with Gasteiger partial charge < -0.3 is 19.7 Å². The number of urea groups is 1. The number of unbranched alkanes of at least 4 members (excludes halogenated alkanes) is 1. The average Bonchev–Trinajstić information content (AvgIpc) is 3.14. The molecule has 0 saturated carbocycles. The number of hydrogen-bond donors (Lipinski definition) is 1. The van der Waals surface area contributed by atoms with Crippen LogP contribution in [0.1, 0.15) is 64.6 Å². The fourth-order valence-corrected chi connectivity index (χ4v) is 3.57. The molecule has 0 aliphatic rings. The second-order valence-corrected chi connectivity index (χ2v) is 9.26. The molecule has 32 heavy (non-hydrogen) atoms. The van der Waals surface area contributed by atoms with Crippen molar-refractivity contribution < 1.29 is 9.59 Å². The van der Waals surface area contributed by atoms with Crippen molar-refractivity contribution in [1.29, 1.82) is 0 Å². The number of hydrogen-bond acceptors (Lipinski definition) is 2. The van der Waals surface area contributed by atoms with Gasteiger partial charge in [0.05, 0.1) is 6.54 Å². The quantitative estimate of drug-likeness (QED) is 0.504. The first-order valence-corrected chi connectivity index (χ1v) is 11.7. The lowest BCUT2D eigenvalue weighted by atomic mass is 10.0. The van der Waals surface area contributed by atoms with Crippen molar-refractivity contribution in [2.75, 3.05) is 25.0 Å². The Morgan fingerprint density at radius 3 is 2.25 bits per heavy atom. The van der Waals surface area contributed by atoms with Crippen molar-refractivity contribution >= 4 is 17.6 Å². The van der Waals surface area contributed by atoms with Gasteiger partial charge in [-0.3, -0.25) is 4.79 Å². The molecule has 0 radical (unpaired) electrons. The number of carbonyl (C=O) groups excluding carboxylic acids is 2. The first kappa shape index (κ1) is 25.5. The number of amides is 3. The molecule has 1 aromatic heterocycles. The van der Waals surface area contributed by atoms with Crippen molar-refractivity contribution in [2.45, 2.75) is 59.9 Å². The van der Waals surface area contributed by atoms with Gasteiger partial charge in [-0.1, -0.05) is 53.2 Å². The Kier molecular flexibility index (Phi) is 9.82. The molecule has 1 aromatic carbocycles. The molecule has 0 aliphatic carbocycles. The second-order valence-electron chi connectivity index (χ2n) is 9.26. The van der Waals surface area contributed by atoms with E-state index in [1.54, 1.807) is 4.90 Å². The lowest BCUT2D eigenvalue weighted by Crippen LogP contribution is -2.46. The molecule has 0 fully saturated rings. The number of nitrogens with one attached hydrogen (secondary N) is 1. The van der Waals surface area contributed by atoms with Crippen molar-refractivity contribution in [2.24, 2.45) is 13.0 Å². The third-order valence-corrected chi connectivity index (χ3v) is 5.57. The third-order valence-electron chi connectivity index (χ3n) is 5.57. The minimum absolute atomic E-state index is 0.0226. The van der Waals surface area contributed by atoms with Gasteiger partial charge in [0.25, 0.3) is 0 Å². The summed E-state index contributed by atoms with van der Waals surface area (Å²) in [6, 6.07) is 11.7. The summed E-state index contributed by atoms with van der Waals surface area (Å²) in [5, 5.41) is 2.97. The Bertz CT molecular complexity index is 855. The number of aryl methyl sites for hydroxylation is 1. The fourth-order valence-electron chi connectivity index (χ4n) is 3.57. The first-order valence-electron chi connectivity index (χ1n) is 11.7. The summed E-state index contributed by atoms with van der Waals surface area (Å²) in [4.78, 5) is 29.8. The van der Waals surface area contributed by atoms with E-state index in [4.69, 9.17) is 0 Å². The van der Waals surface area contributed by atoms with Gasteiger partial charge in [0.1, 0.15) is 6.54 Å². The monoisotopic (exact) mass is 440 g/mol. The summed E-state index contributed by atoms with van der Waals surface area (Å²) in [5.41, 5.74) is 3.05. The molecule has 1 N–H and O–H groups in total. The Labute approximate surface area is 193 Å². The number of anilines is 1. The van der Waals surface area contributed by atoms with E-state index in [2.05, 4.69) is 39.9 Å². The van der Waals surface area contributed by atoms with Crippen molar-refractivity contribution in [3.05, 3.63) is 53.9 Å². The molecule has 0 spiro atoms. The Hall–Kier alpha value is -2.76. The lowest BCUT2D eigenvalue weighted by molar-refractivity contribution is -0.132. The molecule has 2 aromatic rings. The predicted molar refractivity (Wildman–Crippen MR) is 132 cm³/mol. The van der Waals surface area contributed by atoms with Crippen LogP contribution in [0.4, 0.5) is 10.5 Å². The van der Waals surface area contributed by atoms with E-state index in [-0.39, 0.29) is 24.4 Å². The van der Waals surface area contributed by atoms with Gasteiger partial charge in [0, 0.05) is 37.7 Å². The van der Waals surface area contributed by atoms with E-state index < -0.39 is 0 Å². The van der Waals surface area contributed by atoms with Crippen molar-refractivity contribution in [3.8, 4) is 0 Å². The number of rotatable bonds is 11. The summed E-state index contributed by atoms with van der Waals surface area (Å²) >= 11 is 0. The van der Waals surface area contributed by atoms with Crippen LogP contribution in [0, 0.1) is 5.92 Å². The van der Waals surface area contributed by atoms with Gasteiger partial charge in [-0.05, 0) is 48.1 Å². The minimum atomic E-state index is -0.237. The molecule has 6 nitrogen and oxygen atoms in total. The minimum Gasteiger partial charge on any atom is -0.353 e. The maximum Gasteiger partial charge on any atom is 0.322 e. The van der Waals surface area contributed by atoms with E-state index >= 15 is 0 Å². The number of nitrogens with zero attached hydrogens (tertiary/aromatic N) is 3. The molecule has 3 amide bonds. The molecule has 0 unspecified atom stereocenters. The Balaban J connectivity index is 2.10. The van der Waals surface area contributed by atoms with E-state index in [1.807, 2.05) is 59.1 Å². The van der Waals surface area contributed by atoms with Gasteiger partial charge in [-0.2, -0.15) is 0 Å². The standard InChI is InChI=1S/C26H40N4O2/c1-7-8-16-29(18-24-10-9-15-28(24)6)25(31)19-30(17-20(2)3)26(32)27-23-13-11-22(12-14-23)21(4)5/h9-15,20-21H,7-8,16-19H2,1-6H3,(H,27,32). The van der Waals surface area contributed by atoms with E-state index in [9.17, 15) is 9.59 Å². The SMILES string of the molecule is CCCCN(Cc1cccn1C)C(=O)CN(CC(C)C)C(=O)Nc1ccc(C(C)C)cc1. The van der Waals surface area contributed by atoms with Crippen LogP contribution in [-0.2, 0) is 18.4 Å². The molecule has 0 aliphatic heterocycles. The molecule has 1 heterocycles. The van der Waals surface area contributed by atoms with Crippen LogP contribution in [0.25, 0.3) is 0 Å². The highest BCUT2D eigenvalue weighted by molar-refractivity contribution is 5.92. The van der Waals surface area contributed by atoms with Gasteiger partial charge in [0.2, 0.25) is 5.91 Å². The molecular weight excluding hydrogens is 400 g/mol. The average molecular weight is 441 g/mol. The summed E-state index contributed by atoms with van der Waals surface area (Å²) in [6.45, 7) is 12.4. The smallest absolute Gasteiger partial charge is 0.322 e. The van der Waals surface area contributed by atoms with Gasteiger partial charge in [0.15, 0.2) is 0 Å². The Morgan fingerprint density at radius 2 is 1.72 bits per heavy atom. The predicted octanol–water partition coefficient (Wildman–Crippen LogP) is 5.47. The van der Waals surface area contributed by atoms with E-state index in [1.165, 1.54) is 5.56 Å². The van der Waals surface area contributed by atoms with Crippen LogP contribution in [0.5, 0.6) is 0 Å². The van der Waals surface area contributed by atoms with E-state index in [0.717, 1.165) is 24.2 Å². The maximum absolute atomic E-state index is 13.3. The highest BCUT2D eigenvalue weighted by Crippen LogP contribution is 2.18. The number of carbonyl (C=O) groups is 2. The topological polar surface area (TPSA) is 57.6 Å². The van der Waals surface area contributed by atoms with Crippen molar-refractivity contribution in [3.63, 3.8) is 0 Å². The second kappa shape index (κ2) is 12.3. The molecule has 176 valence electrons. The molecular formula is C26H40N4O2. The summed E-state index contributed by atoms with van der Waals surface area (Å²) < 4.78 is 2.03. The highest BCUT2D eigenvalue weighted by Gasteiger charge is 2.23. The number of aromatic nitrogens is 1. The zero-order valence-electron chi connectivity index (χ0n) is 20.6. The lowest BCUT2D eigenvalue weighted by Gasteiger charge is -2.29. The van der Waals surface area contributed by atoms with Crippen molar-refractivity contribution in [1.82, 2.24) is 14.4 Å². The van der Waals surface area contributed by atoms with Crippen LogP contribution in [0.3, 0.4) is 0 Å². The van der Waals surface area contributed by atoms with Crippen LogP contribution in [0.15, 0.2) is 42.6 Å². The molecule has 6 heteroatoms. The highest BCUT2D eigenvalue weighted by atomic mass is 16.2. The summed E-state index contributed by atoms with van der Waals surface area (Å²) in [5.74, 6) is 0.674. The summed E-state index contributed by atoms with van der Waals surface area (Å²) in [6.07, 6.45) is 3.94. The molecule has 2 rings (SSSR count).